The van der Waals surface area contributed by atoms with E-state index in [-0.39, 0.29) is 5.92 Å². The van der Waals surface area contributed by atoms with E-state index in [1.165, 1.54) is 0 Å². The summed E-state index contributed by atoms with van der Waals surface area (Å²) in [4.78, 5) is 4.90. The molecule has 1 aliphatic heterocycles. The number of para-hydroxylation sites is 1. The number of benzene rings is 2. The molecular weight excluding hydrogens is 402 g/mol. The molecule has 2 heterocycles. The van der Waals surface area contributed by atoms with Crippen molar-refractivity contribution in [3.05, 3.63) is 59.5 Å². The molecule has 1 fully saturated rings. The first-order valence-corrected chi connectivity index (χ1v) is 11.4. The standard InChI is InChI=1S/C22H25N3O4S/c1-15-8-9-18(14-16(15)2)30(26,27)25-12-10-17(11-13-25)22-23-21(24-29-22)19-6-4-5-7-20(19)28-3/h4-9,14,17H,10-13H2,1-3H3. The Bertz CT molecular complexity index is 1150. The normalized spacial score (nSPS) is 16.0. The number of ether oxygens (including phenoxy) is 1. The van der Waals surface area contributed by atoms with Gasteiger partial charge in [0.1, 0.15) is 5.75 Å². The lowest BCUT2D eigenvalue weighted by molar-refractivity contribution is 0.270. The highest BCUT2D eigenvalue weighted by atomic mass is 32.2. The van der Waals surface area contributed by atoms with Crippen LogP contribution in [0, 0.1) is 13.8 Å². The van der Waals surface area contributed by atoms with Gasteiger partial charge in [0.15, 0.2) is 0 Å². The van der Waals surface area contributed by atoms with E-state index in [0.29, 0.717) is 48.3 Å². The van der Waals surface area contributed by atoms with Crippen molar-refractivity contribution in [3.8, 4) is 17.1 Å². The second kappa shape index (κ2) is 8.20. The van der Waals surface area contributed by atoms with E-state index >= 15 is 0 Å². The molecule has 0 saturated carbocycles. The average Bonchev–Trinajstić information content (AvgIpc) is 3.25. The zero-order valence-electron chi connectivity index (χ0n) is 17.3. The van der Waals surface area contributed by atoms with Crippen LogP contribution >= 0.6 is 0 Å². The molecule has 0 bridgehead atoms. The smallest absolute Gasteiger partial charge is 0.243 e. The van der Waals surface area contributed by atoms with E-state index in [1.54, 1.807) is 23.5 Å². The maximum atomic E-state index is 13.0. The Balaban J connectivity index is 1.47. The van der Waals surface area contributed by atoms with E-state index in [9.17, 15) is 8.42 Å². The van der Waals surface area contributed by atoms with Crippen molar-refractivity contribution in [1.29, 1.82) is 0 Å². The Morgan fingerprint density at radius 1 is 1.07 bits per heavy atom. The first-order valence-electron chi connectivity index (χ1n) is 9.94. The minimum absolute atomic E-state index is 0.0344. The molecule has 8 heteroatoms. The lowest BCUT2D eigenvalue weighted by Crippen LogP contribution is -2.38. The lowest BCUT2D eigenvalue weighted by Gasteiger charge is -2.29. The minimum Gasteiger partial charge on any atom is -0.496 e. The van der Waals surface area contributed by atoms with Gasteiger partial charge < -0.3 is 9.26 Å². The Hall–Kier alpha value is -2.71. The molecule has 7 nitrogen and oxygen atoms in total. The van der Waals surface area contributed by atoms with Crippen LogP contribution in [0.5, 0.6) is 5.75 Å². The van der Waals surface area contributed by atoms with Gasteiger partial charge in [-0.2, -0.15) is 9.29 Å². The van der Waals surface area contributed by atoms with Crippen LogP contribution in [-0.4, -0.2) is 43.1 Å². The van der Waals surface area contributed by atoms with Crippen LogP contribution in [-0.2, 0) is 10.0 Å². The molecule has 4 rings (SSSR count). The monoisotopic (exact) mass is 427 g/mol. The molecule has 158 valence electrons. The summed E-state index contributed by atoms with van der Waals surface area (Å²) in [5.74, 6) is 1.73. The van der Waals surface area contributed by atoms with E-state index in [1.807, 2.05) is 44.2 Å². The van der Waals surface area contributed by atoms with Crippen LogP contribution in [0.15, 0.2) is 51.9 Å². The Morgan fingerprint density at radius 3 is 2.50 bits per heavy atom. The second-order valence-electron chi connectivity index (χ2n) is 7.58. The summed E-state index contributed by atoms with van der Waals surface area (Å²) in [5.41, 5.74) is 2.82. The number of nitrogens with zero attached hydrogens (tertiary/aromatic N) is 3. The molecule has 0 spiro atoms. The van der Waals surface area contributed by atoms with E-state index in [0.717, 1.165) is 16.7 Å². The lowest BCUT2D eigenvalue weighted by atomic mass is 9.98. The predicted molar refractivity (Wildman–Crippen MR) is 113 cm³/mol. The van der Waals surface area contributed by atoms with Crippen molar-refractivity contribution in [2.75, 3.05) is 20.2 Å². The number of rotatable bonds is 5. The van der Waals surface area contributed by atoms with Crippen LogP contribution in [0.4, 0.5) is 0 Å². The molecular formula is C22H25N3O4S. The number of piperidine rings is 1. The van der Waals surface area contributed by atoms with E-state index in [4.69, 9.17) is 9.26 Å². The van der Waals surface area contributed by atoms with Gasteiger partial charge in [0.2, 0.25) is 21.7 Å². The van der Waals surface area contributed by atoms with Crippen LogP contribution in [0.1, 0.15) is 35.8 Å². The van der Waals surface area contributed by atoms with Gasteiger partial charge in [-0.1, -0.05) is 23.4 Å². The van der Waals surface area contributed by atoms with Crippen molar-refractivity contribution in [2.45, 2.75) is 37.5 Å². The molecule has 0 N–H and O–H groups in total. The maximum Gasteiger partial charge on any atom is 0.243 e. The second-order valence-corrected chi connectivity index (χ2v) is 9.52. The predicted octanol–water partition coefficient (Wildman–Crippen LogP) is 3.93. The largest absolute Gasteiger partial charge is 0.496 e. The summed E-state index contributed by atoms with van der Waals surface area (Å²) in [6, 6.07) is 12.8. The fourth-order valence-electron chi connectivity index (χ4n) is 3.71. The van der Waals surface area contributed by atoms with Gasteiger partial charge in [-0.15, -0.1) is 0 Å². The molecule has 30 heavy (non-hydrogen) atoms. The van der Waals surface area contributed by atoms with Gasteiger partial charge in [-0.05, 0) is 62.1 Å². The molecule has 3 aromatic rings. The van der Waals surface area contributed by atoms with Crippen molar-refractivity contribution in [3.63, 3.8) is 0 Å². The molecule has 0 amide bonds. The molecule has 0 radical (unpaired) electrons. The van der Waals surface area contributed by atoms with Gasteiger partial charge >= 0.3 is 0 Å². The summed E-state index contributed by atoms with van der Waals surface area (Å²) in [5, 5.41) is 4.11. The number of aryl methyl sites for hydroxylation is 2. The van der Waals surface area contributed by atoms with E-state index in [2.05, 4.69) is 10.1 Å². The van der Waals surface area contributed by atoms with Crippen LogP contribution in [0.3, 0.4) is 0 Å². The van der Waals surface area contributed by atoms with E-state index < -0.39 is 10.0 Å². The minimum atomic E-state index is -3.50. The van der Waals surface area contributed by atoms with Gasteiger partial charge in [0.05, 0.1) is 17.6 Å². The third-order valence-corrected chi connectivity index (χ3v) is 7.60. The Labute approximate surface area is 176 Å². The molecule has 0 unspecified atom stereocenters. The van der Waals surface area contributed by atoms with Crippen molar-refractivity contribution < 1.29 is 17.7 Å². The first-order chi connectivity index (χ1) is 14.4. The highest BCUT2D eigenvalue weighted by molar-refractivity contribution is 7.89. The van der Waals surface area contributed by atoms with Crippen LogP contribution in [0.2, 0.25) is 0 Å². The molecule has 0 atom stereocenters. The highest BCUT2D eigenvalue weighted by Crippen LogP contribution is 2.33. The highest BCUT2D eigenvalue weighted by Gasteiger charge is 2.32. The van der Waals surface area contributed by atoms with Gasteiger partial charge in [0, 0.05) is 19.0 Å². The zero-order chi connectivity index (χ0) is 21.3. The summed E-state index contributed by atoms with van der Waals surface area (Å²) in [6.07, 6.45) is 1.27. The number of sulfonamides is 1. The summed E-state index contributed by atoms with van der Waals surface area (Å²) < 4.78 is 38.5. The topological polar surface area (TPSA) is 85.5 Å². The molecule has 0 aliphatic carbocycles. The number of hydrogen-bond donors (Lipinski definition) is 0. The third kappa shape index (κ3) is 3.85. The SMILES string of the molecule is COc1ccccc1-c1noc(C2CCN(S(=O)(=O)c3ccc(C)c(C)c3)CC2)n1. The van der Waals surface area contributed by atoms with Crippen LogP contribution in [0.25, 0.3) is 11.4 Å². The van der Waals surface area contributed by atoms with Gasteiger partial charge in [0.25, 0.3) is 0 Å². The Kier molecular flexibility index (Phi) is 5.62. The van der Waals surface area contributed by atoms with Crippen molar-refractivity contribution in [2.24, 2.45) is 0 Å². The summed E-state index contributed by atoms with van der Waals surface area (Å²) in [6.45, 7) is 4.75. The third-order valence-electron chi connectivity index (χ3n) is 5.71. The van der Waals surface area contributed by atoms with Crippen molar-refractivity contribution in [1.82, 2.24) is 14.4 Å². The molecule has 1 aromatic heterocycles. The molecule has 1 saturated heterocycles. The average molecular weight is 428 g/mol. The van der Waals surface area contributed by atoms with Crippen LogP contribution < -0.4 is 4.74 Å². The van der Waals surface area contributed by atoms with Crippen molar-refractivity contribution >= 4 is 10.0 Å². The number of methoxy groups -OCH3 is 1. The van der Waals surface area contributed by atoms with Gasteiger partial charge in [-0.3, -0.25) is 0 Å². The maximum absolute atomic E-state index is 13.0. The summed E-state index contributed by atoms with van der Waals surface area (Å²) >= 11 is 0. The molecule has 2 aromatic carbocycles. The summed E-state index contributed by atoms with van der Waals surface area (Å²) in [7, 11) is -1.90. The quantitative estimate of drug-likeness (QED) is 0.613. The first kappa shape index (κ1) is 20.6. The molecule has 1 aliphatic rings. The van der Waals surface area contributed by atoms with Gasteiger partial charge in [-0.25, -0.2) is 8.42 Å². The Morgan fingerprint density at radius 2 is 1.80 bits per heavy atom. The number of aromatic nitrogens is 2. The number of hydrogen-bond acceptors (Lipinski definition) is 6. The zero-order valence-corrected chi connectivity index (χ0v) is 18.1. The fraction of sp³-hybridized carbons (Fsp3) is 0.364. The fourth-order valence-corrected chi connectivity index (χ4v) is 5.26.